The van der Waals surface area contributed by atoms with E-state index in [9.17, 15) is 0 Å². The fourth-order valence-corrected chi connectivity index (χ4v) is 1.31. The van der Waals surface area contributed by atoms with Crippen LogP contribution >= 0.6 is 11.6 Å². The van der Waals surface area contributed by atoms with Gasteiger partial charge in [0.2, 0.25) is 0 Å². The molecular formula is C9H7ClN2. The van der Waals surface area contributed by atoms with Crippen molar-refractivity contribution < 1.29 is 0 Å². The first-order chi connectivity index (χ1) is 5.77. The summed E-state index contributed by atoms with van der Waals surface area (Å²) in [7, 11) is 0. The molecule has 0 atom stereocenters. The Morgan fingerprint density at radius 3 is 2.83 bits per heavy atom. The number of halogens is 1. The van der Waals surface area contributed by atoms with E-state index in [1.807, 2.05) is 24.3 Å². The maximum atomic E-state index is 5.72. The summed E-state index contributed by atoms with van der Waals surface area (Å²) in [5.41, 5.74) is 7.29. The Morgan fingerprint density at radius 2 is 2.00 bits per heavy atom. The average molecular weight is 179 g/mol. The zero-order valence-corrected chi connectivity index (χ0v) is 7.05. The maximum Gasteiger partial charge on any atom is 0.129 e. The molecule has 0 aliphatic carbocycles. The van der Waals surface area contributed by atoms with Crippen LogP contribution in [0.3, 0.4) is 0 Å². The summed E-state index contributed by atoms with van der Waals surface area (Å²) < 4.78 is 0. The number of aromatic nitrogens is 1. The molecule has 2 aromatic rings. The van der Waals surface area contributed by atoms with Crippen molar-refractivity contribution in [1.82, 2.24) is 4.98 Å². The summed E-state index contributed by atoms with van der Waals surface area (Å²) >= 11 is 5.72. The Kier molecular flexibility index (Phi) is 1.62. The lowest BCUT2D eigenvalue weighted by molar-refractivity contribution is 1.41. The topological polar surface area (TPSA) is 38.9 Å². The minimum Gasteiger partial charge on any atom is -0.398 e. The van der Waals surface area contributed by atoms with Crippen LogP contribution in [0.5, 0.6) is 0 Å². The van der Waals surface area contributed by atoms with Gasteiger partial charge in [0.25, 0.3) is 0 Å². The van der Waals surface area contributed by atoms with Crippen molar-refractivity contribution in [3.8, 4) is 0 Å². The van der Waals surface area contributed by atoms with E-state index in [0.29, 0.717) is 5.15 Å². The molecule has 0 spiro atoms. The van der Waals surface area contributed by atoms with E-state index >= 15 is 0 Å². The summed E-state index contributed by atoms with van der Waals surface area (Å²) in [5, 5.41) is 1.44. The molecule has 0 aliphatic heterocycles. The number of rotatable bonds is 0. The van der Waals surface area contributed by atoms with Gasteiger partial charge in [0, 0.05) is 11.1 Å². The van der Waals surface area contributed by atoms with Crippen molar-refractivity contribution >= 4 is 28.2 Å². The number of pyridine rings is 1. The lowest BCUT2D eigenvalue weighted by atomic mass is 10.2. The van der Waals surface area contributed by atoms with E-state index in [1.54, 1.807) is 6.07 Å². The van der Waals surface area contributed by atoms with Gasteiger partial charge in [0.15, 0.2) is 0 Å². The quantitative estimate of drug-likeness (QED) is 0.497. The zero-order chi connectivity index (χ0) is 8.55. The third kappa shape index (κ3) is 1.10. The summed E-state index contributed by atoms with van der Waals surface area (Å²) in [6, 6.07) is 9.21. The molecule has 0 radical (unpaired) electrons. The first-order valence-corrected chi connectivity index (χ1v) is 3.96. The second-order valence-corrected chi connectivity index (χ2v) is 2.94. The van der Waals surface area contributed by atoms with Gasteiger partial charge >= 0.3 is 0 Å². The minimum absolute atomic E-state index is 0.494. The molecule has 2 nitrogen and oxygen atoms in total. The van der Waals surface area contributed by atoms with Crippen LogP contribution in [-0.2, 0) is 0 Å². The van der Waals surface area contributed by atoms with Crippen LogP contribution in [0.1, 0.15) is 0 Å². The predicted octanol–water partition coefficient (Wildman–Crippen LogP) is 2.47. The van der Waals surface area contributed by atoms with E-state index < -0.39 is 0 Å². The Morgan fingerprint density at radius 1 is 1.17 bits per heavy atom. The van der Waals surface area contributed by atoms with E-state index in [1.165, 1.54) is 0 Å². The van der Waals surface area contributed by atoms with Gasteiger partial charge in [-0.05, 0) is 24.3 Å². The number of nitrogens with two attached hydrogens (primary N) is 1. The molecule has 0 amide bonds. The van der Waals surface area contributed by atoms with Crippen molar-refractivity contribution in [2.24, 2.45) is 0 Å². The van der Waals surface area contributed by atoms with Crippen LogP contribution < -0.4 is 5.73 Å². The number of nitrogens with zero attached hydrogens (tertiary/aromatic N) is 1. The van der Waals surface area contributed by atoms with Crippen LogP contribution in [0.4, 0.5) is 5.69 Å². The van der Waals surface area contributed by atoms with E-state index in [0.717, 1.165) is 16.6 Å². The third-order valence-corrected chi connectivity index (χ3v) is 1.94. The Labute approximate surface area is 75.0 Å². The number of nitrogen functional groups attached to an aromatic ring is 1. The predicted molar refractivity (Wildman–Crippen MR) is 51.2 cm³/mol. The van der Waals surface area contributed by atoms with E-state index in [-0.39, 0.29) is 0 Å². The van der Waals surface area contributed by atoms with Crippen molar-refractivity contribution in [2.75, 3.05) is 5.73 Å². The highest BCUT2D eigenvalue weighted by Gasteiger charge is 1.97. The third-order valence-electron chi connectivity index (χ3n) is 1.73. The standard InChI is InChI=1S/C9H7ClN2/c10-9-5-4-6-7(11)2-1-3-8(6)12-9/h1-5H,11H2. The van der Waals surface area contributed by atoms with E-state index in [4.69, 9.17) is 17.3 Å². The lowest BCUT2D eigenvalue weighted by Gasteiger charge is -1.99. The molecule has 3 heteroatoms. The fourth-order valence-electron chi connectivity index (χ4n) is 1.15. The molecule has 1 heterocycles. The molecule has 0 aliphatic rings. The fraction of sp³-hybridized carbons (Fsp3) is 0. The number of hydrogen-bond acceptors (Lipinski definition) is 2. The Bertz CT molecular complexity index is 426. The normalized spacial score (nSPS) is 10.4. The molecular weight excluding hydrogens is 172 g/mol. The number of anilines is 1. The Balaban J connectivity index is 2.86. The highest BCUT2D eigenvalue weighted by Crippen LogP contribution is 2.20. The molecule has 0 bridgehead atoms. The second-order valence-electron chi connectivity index (χ2n) is 2.55. The molecule has 1 aromatic carbocycles. The summed E-state index contributed by atoms with van der Waals surface area (Å²) in [5.74, 6) is 0. The molecule has 2 N–H and O–H groups in total. The lowest BCUT2D eigenvalue weighted by Crippen LogP contribution is -1.87. The minimum atomic E-state index is 0.494. The molecule has 0 fully saturated rings. The van der Waals surface area contributed by atoms with Gasteiger partial charge in [-0.15, -0.1) is 0 Å². The van der Waals surface area contributed by atoms with Crippen molar-refractivity contribution in [2.45, 2.75) is 0 Å². The van der Waals surface area contributed by atoms with Gasteiger partial charge in [-0.25, -0.2) is 4.98 Å². The second kappa shape index (κ2) is 2.64. The molecule has 60 valence electrons. The van der Waals surface area contributed by atoms with Gasteiger partial charge in [0.1, 0.15) is 5.15 Å². The molecule has 0 unspecified atom stereocenters. The first kappa shape index (κ1) is 7.37. The van der Waals surface area contributed by atoms with Crippen molar-refractivity contribution in [1.29, 1.82) is 0 Å². The number of fused-ring (bicyclic) bond motifs is 1. The molecule has 1 aromatic heterocycles. The van der Waals surface area contributed by atoms with Gasteiger partial charge in [-0.1, -0.05) is 17.7 Å². The molecule has 2 rings (SSSR count). The monoisotopic (exact) mass is 178 g/mol. The average Bonchev–Trinajstić information content (AvgIpc) is 2.04. The molecule has 12 heavy (non-hydrogen) atoms. The van der Waals surface area contributed by atoms with Crippen LogP contribution in [0.2, 0.25) is 5.15 Å². The van der Waals surface area contributed by atoms with E-state index in [2.05, 4.69) is 4.98 Å². The van der Waals surface area contributed by atoms with Gasteiger partial charge in [-0.2, -0.15) is 0 Å². The smallest absolute Gasteiger partial charge is 0.129 e. The van der Waals surface area contributed by atoms with Gasteiger partial charge in [0.05, 0.1) is 5.52 Å². The van der Waals surface area contributed by atoms with Crippen LogP contribution in [0, 0.1) is 0 Å². The van der Waals surface area contributed by atoms with Gasteiger partial charge < -0.3 is 5.73 Å². The number of hydrogen-bond donors (Lipinski definition) is 1. The largest absolute Gasteiger partial charge is 0.398 e. The highest BCUT2D eigenvalue weighted by atomic mass is 35.5. The summed E-state index contributed by atoms with van der Waals surface area (Å²) in [6.07, 6.45) is 0. The molecule has 0 saturated carbocycles. The van der Waals surface area contributed by atoms with Crippen molar-refractivity contribution in [3.63, 3.8) is 0 Å². The maximum absolute atomic E-state index is 5.72. The van der Waals surface area contributed by atoms with Crippen LogP contribution in [-0.4, -0.2) is 4.98 Å². The SMILES string of the molecule is Nc1cccc2nc(Cl)ccc12. The van der Waals surface area contributed by atoms with Crippen LogP contribution in [0.25, 0.3) is 10.9 Å². The zero-order valence-electron chi connectivity index (χ0n) is 6.29. The molecule has 0 saturated heterocycles. The number of benzene rings is 1. The first-order valence-electron chi connectivity index (χ1n) is 3.58. The van der Waals surface area contributed by atoms with Gasteiger partial charge in [-0.3, -0.25) is 0 Å². The van der Waals surface area contributed by atoms with Crippen LogP contribution in [0.15, 0.2) is 30.3 Å². The summed E-state index contributed by atoms with van der Waals surface area (Å²) in [4.78, 5) is 4.12. The summed E-state index contributed by atoms with van der Waals surface area (Å²) in [6.45, 7) is 0. The van der Waals surface area contributed by atoms with Crippen molar-refractivity contribution in [3.05, 3.63) is 35.5 Å². The Hall–Kier alpha value is -1.28. The highest BCUT2D eigenvalue weighted by molar-refractivity contribution is 6.29.